The molecule has 0 spiro atoms. The second kappa shape index (κ2) is 8.30. The van der Waals surface area contributed by atoms with Crippen LogP contribution in [0, 0.1) is 6.92 Å². The van der Waals surface area contributed by atoms with Crippen LogP contribution in [-0.4, -0.2) is 25.1 Å². The molecule has 0 aliphatic rings. The zero-order valence-electron chi connectivity index (χ0n) is 15.2. The molecule has 2 N–H and O–H groups in total. The lowest BCUT2D eigenvalue weighted by Gasteiger charge is -2.10. The maximum absolute atomic E-state index is 12.7. The van der Waals surface area contributed by atoms with Gasteiger partial charge in [-0.3, -0.25) is 14.5 Å². The number of amides is 1. The van der Waals surface area contributed by atoms with Crippen molar-refractivity contribution in [1.82, 2.24) is 4.98 Å². The summed E-state index contributed by atoms with van der Waals surface area (Å²) in [7, 11) is -3.45. The summed E-state index contributed by atoms with van der Waals surface area (Å²) >= 11 is 7.43. The minimum atomic E-state index is -3.45. The minimum Gasteiger partial charge on any atom is -0.321 e. The van der Waals surface area contributed by atoms with E-state index in [-0.39, 0.29) is 11.7 Å². The number of pyridine rings is 1. The van der Waals surface area contributed by atoms with Crippen LogP contribution in [0.1, 0.15) is 21.5 Å². The van der Waals surface area contributed by atoms with Crippen molar-refractivity contribution >= 4 is 50.2 Å². The van der Waals surface area contributed by atoms with Gasteiger partial charge in [0.1, 0.15) is 0 Å². The smallest absolute Gasteiger partial charge is 0.265 e. The first-order chi connectivity index (χ1) is 13.3. The molecule has 146 valence electrons. The van der Waals surface area contributed by atoms with Crippen LogP contribution in [0.5, 0.6) is 0 Å². The Morgan fingerprint density at radius 1 is 1.18 bits per heavy atom. The summed E-state index contributed by atoms with van der Waals surface area (Å²) < 4.78 is 26.0. The van der Waals surface area contributed by atoms with Crippen LogP contribution in [0.15, 0.2) is 48.7 Å². The van der Waals surface area contributed by atoms with E-state index in [0.29, 0.717) is 21.3 Å². The van der Waals surface area contributed by atoms with Crippen LogP contribution in [0.4, 0.5) is 11.4 Å². The maximum atomic E-state index is 12.7. The fourth-order valence-corrected chi connectivity index (χ4v) is 4.32. The zero-order chi connectivity index (χ0) is 20.3. The van der Waals surface area contributed by atoms with Gasteiger partial charge in [0.05, 0.1) is 22.0 Å². The molecule has 2 heterocycles. The molecule has 3 aromatic rings. The second-order valence-corrected chi connectivity index (χ2v) is 9.69. The molecule has 9 heteroatoms. The van der Waals surface area contributed by atoms with Crippen molar-refractivity contribution in [2.45, 2.75) is 13.8 Å². The third kappa shape index (κ3) is 4.89. The van der Waals surface area contributed by atoms with Crippen molar-refractivity contribution in [3.63, 3.8) is 0 Å². The number of hydrogen-bond acceptors (Lipinski definition) is 5. The number of anilines is 2. The van der Waals surface area contributed by atoms with Crippen LogP contribution in [-0.2, 0) is 10.0 Å². The second-order valence-electron chi connectivity index (χ2n) is 5.98. The molecule has 1 aromatic carbocycles. The molecule has 0 aliphatic carbocycles. The highest BCUT2D eigenvalue weighted by Crippen LogP contribution is 2.31. The number of halogens is 1. The molecule has 0 aliphatic heterocycles. The van der Waals surface area contributed by atoms with Gasteiger partial charge in [0.15, 0.2) is 0 Å². The predicted octanol–water partition coefficient (Wildman–Crippen LogP) is 4.79. The van der Waals surface area contributed by atoms with Gasteiger partial charge in [0.25, 0.3) is 5.91 Å². The fourth-order valence-electron chi connectivity index (χ4n) is 2.54. The highest BCUT2D eigenvalue weighted by molar-refractivity contribution is 7.92. The number of hydrogen-bond donors (Lipinski definition) is 2. The van der Waals surface area contributed by atoms with Crippen LogP contribution < -0.4 is 10.0 Å². The number of aromatic nitrogens is 1. The van der Waals surface area contributed by atoms with Crippen LogP contribution in [0.25, 0.3) is 11.3 Å². The van der Waals surface area contributed by atoms with E-state index in [1.165, 1.54) is 30.4 Å². The molecular formula is C19H18ClN3O3S2. The maximum Gasteiger partial charge on any atom is 0.265 e. The van der Waals surface area contributed by atoms with Crippen molar-refractivity contribution < 1.29 is 13.2 Å². The van der Waals surface area contributed by atoms with E-state index in [1.54, 1.807) is 18.3 Å². The lowest BCUT2D eigenvalue weighted by Crippen LogP contribution is -2.15. The Kier molecular flexibility index (Phi) is 6.02. The average molecular weight is 436 g/mol. The number of carbonyl (C=O) groups is 1. The summed E-state index contributed by atoms with van der Waals surface area (Å²) in [5, 5.41) is 3.08. The summed E-state index contributed by atoms with van der Waals surface area (Å²) in [5.74, 6) is -0.367. The van der Waals surface area contributed by atoms with E-state index < -0.39 is 10.0 Å². The topological polar surface area (TPSA) is 88.2 Å². The van der Waals surface area contributed by atoms with Gasteiger partial charge in [0.2, 0.25) is 10.0 Å². The largest absolute Gasteiger partial charge is 0.321 e. The predicted molar refractivity (Wildman–Crippen MR) is 115 cm³/mol. The molecule has 28 heavy (non-hydrogen) atoms. The van der Waals surface area contributed by atoms with Gasteiger partial charge in [-0.25, -0.2) is 8.42 Å². The molecule has 0 radical (unpaired) electrons. The van der Waals surface area contributed by atoms with E-state index >= 15 is 0 Å². The van der Waals surface area contributed by atoms with Gasteiger partial charge >= 0.3 is 0 Å². The van der Waals surface area contributed by atoms with Crippen LogP contribution in [0.3, 0.4) is 0 Å². The number of thiophene rings is 1. The Hall–Kier alpha value is -2.42. The Morgan fingerprint density at radius 3 is 2.61 bits per heavy atom. The molecule has 0 fully saturated rings. The Bertz CT molecular complexity index is 1110. The lowest BCUT2D eigenvalue weighted by atomic mass is 10.1. The number of aryl methyl sites for hydroxylation is 1. The number of sulfonamides is 1. The molecule has 3 rings (SSSR count). The van der Waals surface area contributed by atoms with E-state index in [0.717, 1.165) is 16.1 Å². The first-order valence-corrected chi connectivity index (χ1v) is 11.3. The Balaban J connectivity index is 1.83. The van der Waals surface area contributed by atoms with Crippen molar-refractivity contribution in [1.29, 1.82) is 0 Å². The summed E-state index contributed by atoms with van der Waals surface area (Å²) in [6.07, 6.45) is 1.71. The average Bonchev–Trinajstić information content (AvgIpc) is 3.03. The normalized spacial score (nSPS) is 11.2. The third-order valence-corrected chi connectivity index (χ3v) is 6.47. The number of carbonyl (C=O) groups excluding carboxylic acids is 1. The number of benzene rings is 1. The standard InChI is InChI=1S/C19H18ClN3O3S2/c1-3-28(25,26)23-15-9-13(20)8-14(10-15)22-19(24)18-11-16(12(2)27-18)17-6-4-5-7-21-17/h4-11,23H,3H2,1-2H3,(H,22,24). The first-order valence-electron chi connectivity index (χ1n) is 8.41. The number of nitrogens with zero attached hydrogens (tertiary/aromatic N) is 1. The SMILES string of the molecule is CCS(=O)(=O)Nc1cc(Cl)cc(NC(=O)c2cc(-c3ccccn3)c(C)s2)c1. The quantitative estimate of drug-likeness (QED) is 0.582. The van der Waals surface area contributed by atoms with Gasteiger partial charge in [-0.1, -0.05) is 17.7 Å². The summed E-state index contributed by atoms with van der Waals surface area (Å²) in [5.41, 5.74) is 2.39. The fraction of sp³-hybridized carbons (Fsp3) is 0.158. The van der Waals surface area contributed by atoms with Crippen LogP contribution in [0.2, 0.25) is 5.02 Å². The minimum absolute atomic E-state index is 0.0635. The molecule has 2 aromatic heterocycles. The highest BCUT2D eigenvalue weighted by atomic mass is 35.5. The van der Waals surface area contributed by atoms with Gasteiger partial charge in [-0.15, -0.1) is 11.3 Å². The molecule has 1 amide bonds. The summed E-state index contributed by atoms with van der Waals surface area (Å²) in [6, 6.07) is 12.0. The number of rotatable bonds is 6. The van der Waals surface area contributed by atoms with Crippen molar-refractivity contribution in [2.75, 3.05) is 15.8 Å². The van der Waals surface area contributed by atoms with E-state index in [9.17, 15) is 13.2 Å². The Labute approximate surface area is 172 Å². The monoisotopic (exact) mass is 435 g/mol. The molecule has 0 saturated carbocycles. The summed E-state index contributed by atoms with van der Waals surface area (Å²) in [4.78, 5) is 18.5. The number of nitrogens with one attached hydrogen (secondary N) is 2. The van der Waals surface area contributed by atoms with E-state index in [2.05, 4.69) is 15.0 Å². The van der Waals surface area contributed by atoms with Gasteiger partial charge < -0.3 is 5.32 Å². The van der Waals surface area contributed by atoms with Crippen molar-refractivity contribution in [2.24, 2.45) is 0 Å². The van der Waals surface area contributed by atoms with Gasteiger partial charge in [-0.05, 0) is 50.2 Å². The molecule has 0 bridgehead atoms. The van der Waals surface area contributed by atoms with Gasteiger partial charge in [0, 0.05) is 27.3 Å². The first kappa shape index (κ1) is 20.3. The Morgan fingerprint density at radius 2 is 1.93 bits per heavy atom. The summed E-state index contributed by atoms with van der Waals surface area (Å²) in [6.45, 7) is 3.47. The lowest BCUT2D eigenvalue weighted by molar-refractivity contribution is 0.103. The highest BCUT2D eigenvalue weighted by Gasteiger charge is 2.15. The molecule has 0 atom stereocenters. The molecule has 0 saturated heterocycles. The van der Waals surface area contributed by atoms with Crippen molar-refractivity contribution in [3.8, 4) is 11.3 Å². The molecule has 0 unspecified atom stereocenters. The molecular weight excluding hydrogens is 418 g/mol. The van der Waals surface area contributed by atoms with Crippen LogP contribution >= 0.6 is 22.9 Å². The molecule has 6 nitrogen and oxygen atoms in total. The van der Waals surface area contributed by atoms with Gasteiger partial charge in [-0.2, -0.15) is 0 Å². The van der Waals surface area contributed by atoms with Crippen molar-refractivity contribution in [3.05, 3.63) is 63.4 Å². The third-order valence-electron chi connectivity index (χ3n) is 3.89. The zero-order valence-corrected chi connectivity index (χ0v) is 17.6. The van der Waals surface area contributed by atoms with E-state index in [4.69, 9.17) is 11.6 Å². The van der Waals surface area contributed by atoms with E-state index in [1.807, 2.05) is 25.1 Å².